The molecule has 2 aliphatic rings. The maximum atomic E-state index is 2.48. The summed E-state index contributed by atoms with van der Waals surface area (Å²) in [6, 6.07) is 60.7. The lowest BCUT2D eigenvalue weighted by Crippen LogP contribution is -2.26. The predicted molar refractivity (Wildman–Crippen MR) is 183 cm³/mol. The van der Waals surface area contributed by atoms with Crippen LogP contribution in [0.2, 0.25) is 0 Å². The molecule has 10 rings (SSSR count). The van der Waals surface area contributed by atoms with Crippen molar-refractivity contribution in [2.45, 2.75) is 5.41 Å². The molecule has 8 aromatic rings. The Labute approximate surface area is 256 Å². The zero-order chi connectivity index (χ0) is 28.8. The van der Waals surface area contributed by atoms with Crippen LogP contribution in [0, 0.1) is 0 Å². The van der Waals surface area contributed by atoms with Gasteiger partial charge in [-0.1, -0.05) is 133 Å². The van der Waals surface area contributed by atoms with Gasteiger partial charge in [0.1, 0.15) is 0 Å². The van der Waals surface area contributed by atoms with Crippen LogP contribution in [-0.4, -0.2) is 4.57 Å². The van der Waals surface area contributed by atoms with Crippen molar-refractivity contribution in [2.75, 3.05) is 0 Å². The van der Waals surface area contributed by atoms with Gasteiger partial charge in [0.15, 0.2) is 0 Å². The molecule has 0 aliphatic heterocycles. The van der Waals surface area contributed by atoms with E-state index in [0.717, 1.165) is 0 Å². The summed E-state index contributed by atoms with van der Waals surface area (Å²) < 4.78 is 2.45. The van der Waals surface area contributed by atoms with Crippen LogP contribution in [0.15, 0.2) is 164 Å². The van der Waals surface area contributed by atoms with E-state index in [0.29, 0.717) is 0 Å². The topological polar surface area (TPSA) is 4.93 Å². The molecule has 0 atom stereocenters. The van der Waals surface area contributed by atoms with Crippen LogP contribution in [0.25, 0.3) is 60.9 Å². The third-order valence-electron chi connectivity index (χ3n) is 10.0. The van der Waals surface area contributed by atoms with Crippen molar-refractivity contribution >= 4 is 21.8 Å². The smallest absolute Gasteiger partial charge is 0.0726 e. The van der Waals surface area contributed by atoms with Gasteiger partial charge in [0.25, 0.3) is 0 Å². The van der Waals surface area contributed by atoms with Gasteiger partial charge in [-0.05, 0) is 86.0 Å². The van der Waals surface area contributed by atoms with E-state index in [9.17, 15) is 0 Å². The molecule has 2 aliphatic carbocycles. The lowest BCUT2D eigenvalue weighted by Gasteiger charge is -2.31. The minimum absolute atomic E-state index is 0.405. The highest BCUT2D eigenvalue weighted by Crippen LogP contribution is 2.63. The Morgan fingerprint density at radius 2 is 0.841 bits per heavy atom. The molecule has 0 unspecified atom stereocenters. The minimum Gasteiger partial charge on any atom is -0.309 e. The molecule has 1 heteroatoms. The van der Waals surface area contributed by atoms with Crippen molar-refractivity contribution in [2.24, 2.45) is 0 Å². The van der Waals surface area contributed by atoms with Gasteiger partial charge < -0.3 is 4.57 Å². The minimum atomic E-state index is -0.405. The highest BCUT2D eigenvalue weighted by atomic mass is 15.0. The molecule has 204 valence electrons. The van der Waals surface area contributed by atoms with Crippen molar-refractivity contribution in [3.8, 4) is 39.1 Å². The molecule has 44 heavy (non-hydrogen) atoms. The second-order valence-electron chi connectivity index (χ2n) is 12.1. The second-order valence-corrected chi connectivity index (χ2v) is 12.1. The predicted octanol–water partition coefficient (Wildman–Crippen LogP) is 10.8. The molecule has 1 nitrogen and oxygen atoms in total. The van der Waals surface area contributed by atoms with Crippen LogP contribution in [0.4, 0.5) is 0 Å². The van der Waals surface area contributed by atoms with Gasteiger partial charge in [-0.15, -0.1) is 0 Å². The van der Waals surface area contributed by atoms with Gasteiger partial charge in [-0.3, -0.25) is 0 Å². The van der Waals surface area contributed by atoms with E-state index in [2.05, 4.69) is 168 Å². The molecular weight excluding hydrogens is 530 g/mol. The molecule has 1 aromatic heterocycles. The third-order valence-corrected chi connectivity index (χ3v) is 10.0. The van der Waals surface area contributed by atoms with Crippen LogP contribution in [0.3, 0.4) is 0 Å². The van der Waals surface area contributed by atoms with E-state index in [-0.39, 0.29) is 0 Å². The quantitative estimate of drug-likeness (QED) is 0.199. The molecule has 1 heterocycles. The molecule has 0 N–H and O–H groups in total. The number of benzene rings is 7. The van der Waals surface area contributed by atoms with Crippen molar-refractivity contribution in [1.82, 2.24) is 4.57 Å². The number of hydrogen-bond donors (Lipinski definition) is 0. The first-order valence-electron chi connectivity index (χ1n) is 15.4. The SMILES string of the molecule is c1ccc(-c2ccc3c(c2)C2(c4ccccc4-c4ccccc42)c2cc(-n4c5ccccc5c5ccccc54)ccc2-3)cc1. The highest BCUT2D eigenvalue weighted by molar-refractivity contribution is 6.09. The summed E-state index contributed by atoms with van der Waals surface area (Å²) in [5.74, 6) is 0. The summed E-state index contributed by atoms with van der Waals surface area (Å²) in [6.45, 7) is 0. The molecule has 0 radical (unpaired) electrons. The van der Waals surface area contributed by atoms with Crippen molar-refractivity contribution in [3.05, 3.63) is 186 Å². The monoisotopic (exact) mass is 557 g/mol. The third kappa shape index (κ3) is 2.94. The average molecular weight is 558 g/mol. The van der Waals surface area contributed by atoms with Gasteiger partial charge >= 0.3 is 0 Å². The maximum Gasteiger partial charge on any atom is 0.0726 e. The van der Waals surface area contributed by atoms with Crippen molar-refractivity contribution in [3.63, 3.8) is 0 Å². The lowest BCUT2D eigenvalue weighted by atomic mass is 9.70. The van der Waals surface area contributed by atoms with Gasteiger partial charge in [-0.2, -0.15) is 0 Å². The first-order chi connectivity index (χ1) is 21.8. The molecule has 0 bridgehead atoms. The largest absolute Gasteiger partial charge is 0.309 e. The fourth-order valence-corrected chi connectivity index (χ4v) is 8.28. The Morgan fingerprint density at radius 1 is 0.341 bits per heavy atom. The Bertz CT molecular complexity index is 2340. The number of hydrogen-bond acceptors (Lipinski definition) is 0. The summed E-state index contributed by atoms with van der Waals surface area (Å²) in [6.07, 6.45) is 0. The summed E-state index contributed by atoms with van der Waals surface area (Å²) >= 11 is 0. The number of rotatable bonds is 2. The number of aromatic nitrogens is 1. The van der Waals surface area contributed by atoms with Crippen molar-refractivity contribution < 1.29 is 0 Å². The molecule has 1 spiro atoms. The zero-order valence-corrected chi connectivity index (χ0v) is 24.0. The summed E-state index contributed by atoms with van der Waals surface area (Å²) in [5.41, 5.74) is 16.5. The normalized spacial score (nSPS) is 13.6. The van der Waals surface area contributed by atoms with Crippen LogP contribution < -0.4 is 0 Å². The fourth-order valence-electron chi connectivity index (χ4n) is 8.28. The van der Waals surface area contributed by atoms with Crippen molar-refractivity contribution in [1.29, 1.82) is 0 Å². The van der Waals surface area contributed by atoms with Gasteiger partial charge in [-0.25, -0.2) is 0 Å². The Morgan fingerprint density at radius 3 is 1.50 bits per heavy atom. The average Bonchev–Trinajstić information content (AvgIpc) is 3.70. The molecular formula is C43H27N. The van der Waals surface area contributed by atoms with Gasteiger partial charge in [0, 0.05) is 16.5 Å². The zero-order valence-electron chi connectivity index (χ0n) is 24.0. The number of fused-ring (bicyclic) bond motifs is 13. The van der Waals surface area contributed by atoms with E-state index in [1.54, 1.807) is 0 Å². The molecule has 0 fully saturated rings. The van der Waals surface area contributed by atoms with E-state index < -0.39 is 5.41 Å². The molecule has 7 aromatic carbocycles. The van der Waals surface area contributed by atoms with E-state index >= 15 is 0 Å². The van der Waals surface area contributed by atoms with Crippen LogP contribution in [-0.2, 0) is 5.41 Å². The van der Waals surface area contributed by atoms with Crippen LogP contribution >= 0.6 is 0 Å². The Balaban J connectivity index is 1.33. The Kier molecular flexibility index (Phi) is 4.71. The summed E-state index contributed by atoms with van der Waals surface area (Å²) in [4.78, 5) is 0. The van der Waals surface area contributed by atoms with E-state index in [4.69, 9.17) is 0 Å². The summed E-state index contributed by atoms with van der Waals surface area (Å²) in [5, 5.41) is 2.57. The molecule has 0 saturated heterocycles. The fraction of sp³-hybridized carbons (Fsp3) is 0.0233. The lowest BCUT2D eigenvalue weighted by molar-refractivity contribution is 0.793. The summed E-state index contributed by atoms with van der Waals surface area (Å²) in [7, 11) is 0. The van der Waals surface area contributed by atoms with Crippen LogP contribution in [0.1, 0.15) is 22.3 Å². The van der Waals surface area contributed by atoms with Gasteiger partial charge in [0.2, 0.25) is 0 Å². The Hall–Kier alpha value is -5.66. The molecule has 0 saturated carbocycles. The number of nitrogens with zero attached hydrogens (tertiary/aromatic N) is 1. The number of para-hydroxylation sites is 2. The molecule has 0 amide bonds. The standard InChI is InChI=1S/C43H27N/c1-2-12-28(13-3-1)29-22-24-33-34-25-23-30(44-41-20-10-6-16-35(41)36-17-7-11-21-42(36)44)27-40(34)43(39(33)26-29)37-18-8-4-14-31(37)32-15-5-9-19-38(32)43/h1-27H. The van der Waals surface area contributed by atoms with Crippen LogP contribution in [0.5, 0.6) is 0 Å². The maximum absolute atomic E-state index is 2.48. The van der Waals surface area contributed by atoms with E-state index in [1.165, 1.54) is 83.1 Å². The first kappa shape index (κ1) is 23.9. The second kappa shape index (κ2) is 8.69. The van der Waals surface area contributed by atoms with E-state index in [1.807, 2.05) is 0 Å². The highest BCUT2D eigenvalue weighted by Gasteiger charge is 2.51. The van der Waals surface area contributed by atoms with Gasteiger partial charge in [0.05, 0.1) is 16.4 Å². The first-order valence-corrected chi connectivity index (χ1v) is 15.4.